The van der Waals surface area contributed by atoms with Crippen LogP contribution in [0.15, 0.2) is 55.0 Å². The van der Waals surface area contributed by atoms with Crippen molar-refractivity contribution >= 4 is 5.97 Å². The van der Waals surface area contributed by atoms with Crippen LogP contribution >= 0.6 is 0 Å². The normalized spacial score (nSPS) is 10.5. The second-order valence-corrected chi connectivity index (χ2v) is 4.65. The molecule has 0 aliphatic heterocycles. The molecule has 1 N–H and O–H groups in total. The van der Waals surface area contributed by atoms with E-state index in [1.807, 2.05) is 41.9 Å². The van der Waals surface area contributed by atoms with E-state index >= 15 is 0 Å². The summed E-state index contributed by atoms with van der Waals surface area (Å²) in [6, 6.07) is 12.8. The average Bonchev–Trinajstić information content (AvgIpc) is 2.90. The molecule has 0 saturated carbocycles. The monoisotopic (exact) mass is 279 g/mol. The van der Waals surface area contributed by atoms with Crippen LogP contribution in [0.1, 0.15) is 10.4 Å². The Morgan fingerprint density at radius 2 is 1.90 bits per heavy atom. The maximum atomic E-state index is 11.1. The molecule has 0 fully saturated rings. The van der Waals surface area contributed by atoms with Crippen LogP contribution in [0.25, 0.3) is 22.6 Å². The standard InChI is InChI=1S/C16H13N3O2/c1-19-10-18-14(15(19)11-5-3-2-4-6-11)13-9-12(16(20)21)7-8-17-13/h2-10H,1H3,(H,20,21). The fourth-order valence-electron chi connectivity index (χ4n) is 2.25. The van der Waals surface area contributed by atoms with E-state index in [0.717, 1.165) is 11.3 Å². The Hall–Kier alpha value is -2.95. The van der Waals surface area contributed by atoms with E-state index in [-0.39, 0.29) is 5.56 Å². The zero-order valence-corrected chi connectivity index (χ0v) is 11.4. The van der Waals surface area contributed by atoms with Crippen molar-refractivity contribution in [3.05, 3.63) is 60.6 Å². The first-order valence-corrected chi connectivity index (χ1v) is 6.43. The summed E-state index contributed by atoms with van der Waals surface area (Å²) in [5, 5.41) is 9.09. The largest absolute Gasteiger partial charge is 0.478 e. The van der Waals surface area contributed by atoms with Gasteiger partial charge in [-0.15, -0.1) is 0 Å². The number of carboxylic acids is 1. The van der Waals surface area contributed by atoms with Crippen LogP contribution in [-0.2, 0) is 7.05 Å². The molecule has 5 nitrogen and oxygen atoms in total. The third-order valence-electron chi connectivity index (χ3n) is 3.23. The molecular weight excluding hydrogens is 266 g/mol. The zero-order chi connectivity index (χ0) is 14.8. The van der Waals surface area contributed by atoms with Crippen LogP contribution in [0.3, 0.4) is 0 Å². The topological polar surface area (TPSA) is 68.0 Å². The van der Waals surface area contributed by atoms with Crippen molar-refractivity contribution < 1.29 is 9.90 Å². The van der Waals surface area contributed by atoms with Crippen molar-refractivity contribution in [1.82, 2.24) is 14.5 Å². The molecule has 5 heteroatoms. The molecule has 3 rings (SSSR count). The van der Waals surface area contributed by atoms with Crippen LogP contribution in [0.4, 0.5) is 0 Å². The van der Waals surface area contributed by atoms with Crippen LogP contribution in [-0.4, -0.2) is 25.6 Å². The lowest BCUT2D eigenvalue weighted by Gasteiger charge is -2.06. The predicted molar refractivity (Wildman–Crippen MR) is 78.8 cm³/mol. The highest BCUT2D eigenvalue weighted by atomic mass is 16.4. The van der Waals surface area contributed by atoms with Gasteiger partial charge < -0.3 is 9.67 Å². The van der Waals surface area contributed by atoms with E-state index in [4.69, 9.17) is 5.11 Å². The summed E-state index contributed by atoms with van der Waals surface area (Å²) < 4.78 is 1.90. The molecule has 2 aromatic heterocycles. The summed E-state index contributed by atoms with van der Waals surface area (Å²) >= 11 is 0. The lowest BCUT2D eigenvalue weighted by atomic mass is 10.1. The number of carboxylic acid groups (broad SMARTS) is 1. The van der Waals surface area contributed by atoms with Gasteiger partial charge in [0.15, 0.2) is 0 Å². The maximum absolute atomic E-state index is 11.1. The van der Waals surface area contributed by atoms with E-state index < -0.39 is 5.97 Å². The Kier molecular flexibility index (Phi) is 3.23. The van der Waals surface area contributed by atoms with Gasteiger partial charge in [0, 0.05) is 18.8 Å². The van der Waals surface area contributed by atoms with Gasteiger partial charge in [0.25, 0.3) is 0 Å². The number of nitrogens with zero attached hydrogens (tertiary/aromatic N) is 3. The van der Waals surface area contributed by atoms with Gasteiger partial charge in [-0.3, -0.25) is 4.98 Å². The number of hydrogen-bond donors (Lipinski definition) is 1. The van der Waals surface area contributed by atoms with Crippen molar-refractivity contribution in [1.29, 1.82) is 0 Å². The quantitative estimate of drug-likeness (QED) is 0.800. The molecule has 104 valence electrons. The minimum atomic E-state index is -0.976. The molecule has 2 heterocycles. The first-order valence-electron chi connectivity index (χ1n) is 6.43. The highest BCUT2D eigenvalue weighted by Gasteiger charge is 2.15. The number of rotatable bonds is 3. The summed E-state index contributed by atoms with van der Waals surface area (Å²) in [6.45, 7) is 0. The zero-order valence-electron chi connectivity index (χ0n) is 11.4. The van der Waals surface area contributed by atoms with Crippen molar-refractivity contribution in [2.75, 3.05) is 0 Å². The summed E-state index contributed by atoms with van der Waals surface area (Å²) in [4.78, 5) is 19.7. The Morgan fingerprint density at radius 1 is 1.14 bits per heavy atom. The second kappa shape index (κ2) is 5.20. The van der Waals surface area contributed by atoms with E-state index in [1.54, 1.807) is 6.33 Å². The molecule has 0 saturated heterocycles. The third-order valence-corrected chi connectivity index (χ3v) is 3.23. The average molecular weight is 279 g/mol. The van der Waals surface area contributed by atoms with Crippen molar-refractivity contribution in [2.45, 2.75) is 0 Å². The molecule has 21 heavy (non-hydrogen) atoms. The van der Waals surface area contributed by atoms with Gasteiger partial charge in [0.05, 0.1) is 23.3 Å². The van der Waals surface area contributed by atoms with E-state index in [1.165, 1.54) is 18.3 Å². The molecule has 0 radical (unpaired) electrons. The van der Waals surface area contributed by atoms with Crippen LogP contribution in [0, 0.1) is 0 Å². The lowest BCUT2D eigenvalue weighted by molar-refractivity contribution is 0.0697. The van der Waals surface area contributed by atoms with E-state index in [2.05, 4.69) is 9.97 Å². The smallest absolute Gasteiger partial charge is 0.335 e. The second-order valence-electron chi connectivity index (χ2n) is 4.65. The molecule has 0 aliphatic carbocycles. The van der Waals surface area contributed by atoms with Crippen LogP contribution < -0.4 is 0 Å². The molecule has 0 bridgehead atoms. The summed E-state index contributed by atoms with van der Waals surface area (Å²) in [5.41, 5.74) is 3.34. The number of imidazole rings is 1. The van der Waals surface area contributed by atoms with Crippen LogP contribution in [0.2, 0.25) is 0 Å². The van der Waals surface area contributed by atoms with Gasteiger partial charge in [-0.25, -0.2) is 9.78 Å². The number of aromatic nitrogens is 3. The Morgan fingerprint density at radius 3 is 2.62 bits per heavy atom. The van der Waals surface area contributed by atoms with Crippen molar-refractivity contribution in [3.63, 3.8) is 0 Å². The van der Waals surface area contributed by atoms with Crippen molar-refractivity contribution in [3.8, 4) is 22.6 Å². The van der Waals surface area contributed by atoms with Gasteiger partial charge in [-0.05, 0) is 12.1 Å². The third kappa shape index (κ3) is 2.41. The van der Waals surface area contributed by atoms with Gasteiger partial charge in [0.1, 0.15) is 5.69 Å². The SMILES string of the molecule is Cn1cnc(-c2cc(C(=O)O)ccn2)c1-c1ccccc1. The molecule has 0 atom stereocenters. The highest BCUT2D eigenvalue weighted by molar-refractivity contribution is 5.89. The van der Waals surface area contributed by atoms with Gasteiger partial charge in [-0.2, -0.15) is 0 Å². The van der Waals surface area contributed by atoms with Crippen molar-refractivity contribution in [2.24, 2.45) is 7.05 Å². The molecule has 0 amide bonds. The minimum absolute atomic E-state index is 0.199. The number of aromatic carboxylic acids is 1. The van der Waals surface area contributed by atoms with E-state index in [0.29, 0.717) is 11.4 Å². The molecule has 0 spiro atoms. The number of hydrogen-bond acceptors (Lipinski definition) is 3. The molecular formula is C16H13N3O2. The number of carbonyl (C=O) groups is 1. The Labute approximate surface area is 121 Å². The fourth-order valence-corrected chi connectivity index (χ4v) is 2.25. The molecule has 0 aliphatic rings. The Balaban J connectivity index is 2.17. The number of pyridine rings is 1. The first kappa shape index (κ1) is 13.1. The minimum Gasteiger partial charge on any atom is -0.478 e. The maximum Gasteiger partial charge on any atom is 0.335 e. The fraction of sp³-hybridized carbons (Fsp3) is 0.0625. The molecule has 1 aromatic carbocycles. The first-order chi connectivity index (χ1) is 10.2. The summed E-state index contributed by atoms with van der Waals surface area (Å²) in [6.07, 6.45) is 3.19. The summed E-state index contributed by atoms with van der Waals surface area (Å²) in [7, 11) is 1.90. The summed E-state index contributed by atoms with van der Waals surface area (Å²) in [5.74, 6) is -0.976. The molecule has 0 unspecified atom stereocenters. The Bertz CT molecular complexity index is 794. The van der Waals surface area contributed by atoms with Gasteiger partial charge in [-0.1, -0.05) is 30.3 Å². The predicted octanol–water partition coefficient (Wildman–Crippen LogP) is 2.85. The van der Waals surface area contributed by atoms with Gasteiger partial charge >= 0.3 is 5.97 Å². The highest BCUT2D eigenvalue weighted by Crippen LogP contribution is 2.29. The van der Waals surface area contributed by atoms with Gasteiger partial charge in [0.2, 0.25) is 0 Å². The van der Waals surface area contributed by atoms with E-state index in [9.17, 15) is 4.79 Å². The van der Waals surface area contributed by atoms with Crippen LogP contribution in [0.5, 0.6) is 0 Å². The number of benzene rings is 1. The lowest BCUT2D eigenvalue weighted by Crippen LogP contribution is -1.98. The molecule has 3 aromatic rings. The number of aryl methyl sites for hydroxylation is 1.